The molecule has 0 aliphatic heterocycles. The molecule has 0 aromatic heterocycles. The Balaban J connectivity index is 2.15. The molecule has 82 valence electrons. The monoisotopic (exact) mass is 199 g/mol. The Kier molecular flexibility index (Phi) is 3.93. The third kappa shape index (κ3) is 4.61. The van der Waals surface area contributed by atoms with Gasteiger partial charge >= 0.3 is 0 Å². The number of nitrogens with one attached hydrogen (secondary N) is 1. The van der Waals surface area contributed by atoms with E-state index in [1.165, 1.54) is 25.7 Å². The van der Waals surface area contributed by atoms with Crippen LogP contribution in [0, 0.1) is 5.92 Å². The highest BCUT2D eigenvalue weighted by molar-refractivity contribution is 5.75. The molecule has 0 heterocycles. The highest BCUT2D eigenvalue weighted by atomic mass is 16.7. The molecule has 1 saturated carbocycles. The molecule has 0 bridgehead atoms. The molecule has 1 fully saturated rings. The van der Waals surface area contributed by atoms with Gasteiger partial charge in [0, 0.05) is 6.42 Å². The lowest BCUT2D eigenvalue weighted by atomic mass is 10.0. The molecule has 0 radical (unpaired) electrons. The second-order valence-electron chi connectivity index (χ2n) is 5.09. The van der Waals surface area contributed by atoms with Crippen molar-refractivity contribution in [3.05, 3.63) is 0 Å². The van der Waals surface area contributed by atoms with E-state index in [-0.39, 0.29) is 11.5 Å². The summed E-state index contributed by atoms with van der Waals surface area (Å²) in [7, 11) is 0. The Labute approximate surface area is 86.2 Å². The molecule has 0 saturated heterocycles. The van der Waals surface area contributed by atoms with Gasteiger partial charge in [0.2, 0.25) is 5.91 Å². The normalized spacial score (nSPS) is 18.5. The van der Waals surface area contributed by atoms with E-state index in [1.807, 2.05) is 20.8 Å². The quantitative estimate of drug-likeness (QED) is 0.709. The number of carbonyl (C=O) groups excluding carboxylic acids is 1. The number of amides is 1. The van der Waals surface area contributed by atoms with E-state index in [1.54, 1.807) is 0 Å². The van der Waals surface area contributed by atoms with Gasteiger partial charge in [-0.05, 0) is 39.5 Å². The maximum absolute atomic E-state index is 11.4. The van der Waals surface area contributed by atoms with Gasteiger partial charge in [0.25, 0.3) is 0 Å². The lowest BCUT2D eigenvalue weighted by molar-refractivity contribution is -0.146. The van der Waals surface area contributed by atoms with Gasteiger partial charge in [-0.15, -0.1) is 0 Å². The molecule has 14 heavy (non-hydrogen) atoms. The van der Waals surface area contributed by atoms with Crippen LogP contribution in [0.3, 0.4) is 0 Å². The van der Waals surface area contributed by atoms with E-state index in [2.05, 4.69) is 5.48 Å². The summed E-state index contributed by atoms with van der Waals surface area (Å²) in [5.74, 6) is 0.602. The maximum Gasteiger partial charge on any atom is 0.243 e. The smallest absolute Gasteiger partial charge is 0.243 e. The van der Waals surface area contributed by atoms with Crippen LogP contribution in [-0.4, -0.2) is 11.5 Å². The van der Waals surface area contributed by atoms with Crippen LogP contribution in [0.4, 0.5) is 0 Å². The number of carbonyl (C=O) groups is 1. The molecule has 3 nitrogen and oxygen atoms in total. The summed E-state index contributed by atoms with van der Waals surface area (Å²) in [4.78, 5) is 16.6. The van der Waals surface area contributed by atoms with Crippen molar-refractivity contribution in [2.45, 2.75) is 58.5 Å². The highest BCUT2D eigenvalue weighted by Crippen LogP contribution is 2.27. The lowest BCUT2D eigenvalue weighted by Gasteiger charge is -2.19. The summed E-state index contributed by atoms with van der Waals surface area (Å²) in [6, 6.07) is 0. The van der Waals surface area contributed by atoms with Gasteiger partial charge < -0.3 is 0 Å². The number of rotatable bonds is 3. The standard InChI is InChI=1S/C11H21NO2/c1-11(2,3)14-12-10(13)8-9-6-4-5-7-9/h9H,4-8H2,1-3H3,(H,12,13). The molecule has 1 aliphatic carbocycles. The Hall–Kier alpha value is -0.570. The molecule has 1 N–H and O–H groups in total. The van der Waals surface area contributed by atoms with E-state index in [4.69, 9.17) is 4.84 Å². The van der Waals surface area contributed by atoms with Crippen LogP contribution in [0.5, 0.6) is 0 Å². The largest absolute Gasteiger partial charge is 0.273 e. The van der Waals surface area contributed by atoms with Gasteiger partial charge in [0.1, 0.15) is 0 Å². The van der Waals surface area contributed by atoms with Gasteiger partial charge in [-0.2, -0.15) is 0 Å². The van der Waals surface area contributed by atoms with Crippen LogP contribution < -0.4 is 5.48 Å². The molecule has 1 aliphatic rings. The second kappa shape index (κ2) is 4.78. The molecule has 0 atom stereocenters. The summed E-state index contributed by atoms with van der Waals surface area (Å²) < 4.78 is 0. The van der Waals surface area contributed by atoms with Crippen molar-refractivity contribution in [1.29, 1.82) is 0 Å². The summed E-state index contributed by atoms with van der Waals surface area (Å²) in [6.07, 6.45) is 5.57. The van der Waals surface area contributed by atoms with Gasteiger partial charge in [-0.1, -0.05) is 12.8 Å². The summed E-state index contributed by atoms with van der Waals surface area (Å²) in [6.45, 7) is 5.76. The molecular weight excluding hydrogens is 178 g/mol. The van der Waals surface area contributed by atoms with E-state index in [9.17, 15) is 4.79 Å². The molecule has 0 unspecified atom stereocenters. The third-order valence-corrected chi connectivity index (χ3v) is 2.42. The van der Waals surface area contributed by atoms with Crippen LogP contribution in [0.15, 0.2) is 0 Å². The first kappa shape index (κ1) is 11.5. The predicted octanol–water partition coefficient (Wildman–Crippen LogP) is 2.41. The minimum atomic E-state index is -0.300. The fourth-order valence-electron chi connectivity index (χ4n) is 1.73. The first-order valence-corrected chi connectivity index (χ1v) is 5.44. The first-order chi connectivity index (χ1) is 6.47. The van der Waals surface area contributed by atoms with Crippen LogP contribution in [0.2, 0.25) is 0 Å². The SMILES string of the molecule is CC(C)(C)ONC(=O)CC1CCCC1. The molecule has 3 heteroatoms. The van der Waals surface area contributed by atoms with Crippen LogP contribution >= 0.6 is 0 Å². The fraction of sp³-hybridized carbons (Fsp3) is 0.909. The van der Waals surface area contributed by atoms with Crippen molar-refractivity contribution in [3.63, 3.8) is 0 Å². The van der Waals surface area contributed by atoms with E-state index in [0.717, 1.165) is 0 Å². The van der Waals surface area contributed by atoms with Gasteiger partial charge in [-0.3, -0.25) is 9.63 Å². The summed E-state index contributed by atoms with van der Waals surface area (Å²) >= 11 is 0. The van der Waals surface area contributed by atoms with Crippen molar-refractivity contribution in [3.8, 4) is 0 Å². The maximum atomic E-state index is 11.4. The average Bonchev–Trinajstić information content (AvgIpc) is 2.52. The van der Waals surface area contributed by atoms with E-state index >= 15 is 0 Å². The Morgan fingerprint density at radius 2 is 1.93 bits per heavy atom. The summed E-state index contributed by atoms with van der Waals surface area (Å²) in [5, 5.41) is 0. The number of hydrogen-bond acceptors (Lipinski definition) is 2. The molecule has 1 amide bonds. The zero-order chi connectivity index (χ0) is 10.6. The zero-order valence-electron chi connectivity index (χ0n) is 9.43. The fourth-order valence-corrected chi connectivity index (χ4v) is 1.73. The molecule has 0 aromatic carbocycles. The van der Waals surface area contributed by atoms with Gasteiger partial charge in [0.05, 0.1) is 5.60 Å². The van der Waals surface area contributed by atoms with Crippen LogP contribution in [0.25, 0.3) is 0 Å². The van der Waals surface area contributed by atoms with Crippen LogP contribution in [0.1, 0.15) is 52.9 Å². The van der Waals surface area contributed by atoms with Crippen molar-refractivity contribution < 1.29 is 9.63 Å². The second-order valence-corrected chi connectivity index (χ2v) is 5.09. The Bertz CT molecular complexity index is 190. The van der Waals surface area contributed by atoms with E-state index in [0.29, 0.717) is 12.3 Å². The van der Waals surface area contributed by atoms with Crippen LogP contribution in [-0.2, 0) is 9.63 Å². The Morgan fingerprint density at radius 3 is 2.43 bits per heavy atom. The molecular formula is C11H21NO2. The topological polar surface area (TPSA) is 38.3 Å². The van der Waals surface area contributed by atoms with Crippen molar-refractivity contribution >= 4 is 5.91 Å². The number of hydroxylamine groups is 1. The third-order valence-electron chi connectivity index (χ3n) is 2.42. The first-order valence-electron chi connectivity index (χ1n) is 5.44. The Morgan fingerprint density at radius 1 is 1.36 bits per heavy atom. The lowest BCUT2D eigenvalue weighted by Crippen LogP contribution is -2.34. The molecule has 0 spiro atoms. The zero-order valence-corrected chi connectivity index (χ0v) is 9.43. The molecule has 0 aromatic rings. The van der Waals surface area contributed by atoms with Crippen molar-refractivity contribution in [1.82, 2.24) is 5.48 Å². The number of hydrogen-bond donors (Lipinski definition) is 1. The minimum Gasteiger partial charge on any atom is -0.273 e. The minimum absolute atomic E-state index is 0.0202. The van der Waals surface area contributed by atoms with Crippen molar-refractivity contribution in [2.75, 3.05) is 0 Å². The van der Waals surface area contributed by atoms with Gasteiger partial charge in [-0.25, -0.2) is 5.48 Å². The summed E-state index contributed by atoms with van der Waals surface area (Å²) in [5.41, 5.74) is 2.21. The average molecular weight is 199 g/mol. The highest BCUT2D eigenvalue weighted by Gasteiger charge is 2.19. The van der Waals surface area contributed by atoms with E-state index < -0.39 is 0 Å². The predicted molar refractivity (Wildman–Crippen MR) is 55.6 cm³/mol. The van der Waals surface area contributed by atoms with Gasteiger partial charge in [0.15, 0.2) is 0 Å². The van der Waals surface area contributed by atoms with Crippen molar-refractivity contribution in [2.24, 2.45) is 5.92 Å². The molecule has 1 rings (SSSR count).